The van der Waals surface area contributed by atoms with Gasteiger partial charge in [-0.2, -0.15) is 0 Å². The minimum atomic E-state index is -0.583. The monoisotopic (exact) mass is 362 g/mol. The smallest absolute Gasteiger partial charge is 0.237 e. The highest BCUT2D eigenvalue weighted by Gasteiger charge is 2.38. The molecule has 0 aromatic heterocycles. The van der Waals surface area contributed by atoms with Crippen molar-refractivity contribution in [3.8, 4) is 0 Å². The maximum absolute atomic E-state index is 13.3. The summed E-state index contributed by atoms with van der Waals surface area (Å²) < 4.78 is 18.7. The predicted molar refractivity (Wildman–Crippen MR) is 100 cm³/mol. The maximum atomic E-state index is 13.3. The summed E-state index contributed by atoms with van der Waals surface area (Å²) >= 11 is 0. The van der Waals surface area contributed by atoms with Crippen LogP contribution in [0.15, 0.2) is 18.2 Å². The summed E-state index contributed by atoms with van der Waals surface area (Å²) in [4.78, 5) is 11.9. The van der Waals surface area contributed by atoms with Crippen LogP contribution in [0.25, 0.3) is 0 Å². The third-order valence-corrected chi connectivity index (χ3v) is 6.35. The van der Waals surface area contributed by atoms with Crippen molar-refractivity contribution >= 4 is 5.91 Å². The number of carbonyl (C=O) groups is 1. The van der Waals surface area contributed by atoms with E-state index in [-0.39, 0.29) is 11.7 Å². The summed E-state index contributed by atoms with van der Waals surface area (Å²) in [7, 11) is 0. The molecule has 26 heavy (non-hydrogen) atoms. The summed E-state index contributed by atoms with van der Waals surface area (Å²) in [6.45, 7) is 4.02. The zero-order valence-electron chi connectivity index (χ0n) is 15.7. The van der Waals surface area contributed by atoms with Gasteiger partial charge in [0, 0.05) is 13.2 Å². The average Bonchev–Trinajstić information content (AvgIpc) is 2.63. The van der Waals surface area contributed by atoms with Gasteiger partial charge in [-0.25, -0.2) is 4.39 Å². The first kappa shape index (κ1) is 19.3. The number of primary amides is 1. The van der Waals surface area contributed by atoms with Gasteiger partial charge in [0.25, 0.3) is 0 Å². The molecule has 2 aliphatic rings. The first-order valence-electron chi connectivity index (χ1n) is 9.89. The molecule has 3 N–H and O–H groups in total. The summed E-state index contributed by atoms with van der Waals surface area (Å²) in [5.41, 5.74) is 7.43. The van der Waals surface area contributed by atoms with E-state index >= 15 is 0 Å². The largest absolute Gasteiger partial charge is 0.381 e. The number of nitrogens with one attached hydrogen (secondary N) is 1. The van der Waals surface area contributed by atoms with E-state index in [1.165, 1.54) is 18.4 Å². The van der Waals surface area contributed by atoms with E-state index in [0.717, 1.165) is 31.4 Å². The lowest BCUT2D eigenvalue weighted by Gasteiger charge is -2.36. The summed E-state index contributed by atoms with van der Waals surface area (Å²) in [5.74, 6) is 0.829. The molecule has 0 spiro atoms. The van der Waals surface area contributed by atoms with Gasteiger partial charge in [-0.3, -0.25) is 4.79 Å². The van der Waals surface area contributed by atoms with Gasteiger partial charge in [0.2, 0.25) is 5.91 Å². The number of rotatable bonds is 6. The van der Waals surface area contributed by atoms with Crippen LogP contribution in [0.3, 0.4) is 0 Å². The fraction of sp³-hybridized carbons (Fsp3) is 0.667. The highest BCUT2D eigenvalue weighted by atomic mass is 19.1. The second kappa shape index (κ2) is 8.49. The van der Waals surface area contributed by atoms with Crippen molar-refractivity contribution in [3.63, 3.8) is 0 Å². The molecule has 1 aliphatic carbocycles. The normalized spacial score (nSPS) is 25.8. The van der Waals surface area contributed by atoms with E-state index in [1.807, 2.05) is 13.0 Å². The molecule has 4 nitrogen and oxygen atoms in total. The number of nitrogens with two attached hydrogens (primary N) is 1. The van der Waals surface area contributed by atoms with E-state index in [2.05, 4.69) is 5.32 Å². The molecule has 1 saturated carbocycles. The number of ether oxygens (including phenoxy) is 1. The van der Waals surface area contributed by atoms with Crippen LogP contribution in [0, 0.1) is 18.7 Å². The van der Waals surface area contributed by atoms with Crippen LogP contribution in [0.4, 0.5) is 4.39 Å². The Kier molecular flexibility index (Phi) is 6.30. The Morgan fingerprint density at radius 2 is 1.96 bits per heavy atom. The molecule has 1 aromatic carbocycles. The molecule has 2 fully saturated rings. The number of carbonyl (C=O) groups excluding carboxylic acids is 1. The van der Waals surface area contributed by atoms with Crippen LogP contribution >= 0.6 is 0 Å². The van der Waals surface area contributed by atoms with Crippen molar-refractivity contribution in [1.82, 2.24) is 5.32 Å². The summed E-state index contributed by atoms with van der Waals surface area (Å²) in [6.07, 6.45) is 7.10. The zero-order valence-corrected chi connectivity index (χ0v) is 15.7. The standard InChI is InChI=1S/C21H31FN2O2/c1-15-14-18(22)6-7-19(15)17-4-2-16(3-5-17)8-11-24-21(20(23)25)9-12-26-13-10-21/h6-7,14,16-17,24H,2-5,8-13H2,1H3,(H2,23,25)/t16-,17-. The van der Waals surface area contributed by atoms with Crippen LogP contribution in [0.2, 0.25) is 0 Å². The minimum Gasteiger partial charge on any atom is -0.381 e. The quantitative estimate of drug-likeness (QED) is 0.815. The van der Waals surface area contributed by atoms with Crippen molar-refractivity contribution in [2.24, 2.45) is 11.7 Å². The number of hydrogen-bond donors (Lipinski definition) is 2. The number of amides is 1. The second-order valence-corrected chi connectivity index (χ2v) is 7.99. The first-order valence-corrected chi connectivity index (χ1v) is 9.89. The van der Waals surface area contributed by atoms with Gasteiger partial charge in [0.05, 0.1) is 0 Å². The Hall–Kier alpha value is -1.46. The Bertz CT molecular complexity index is 620. The van der Waals surface area contributed by atoms with Gasteiger partial charge in [0.1, 0.15) is 11.4 Å². The minimum absolute atomic E-state index is 0.150. The maximum Gasteiger partial charge on any atom is 0.237 e. The fourth-order valence-corrected chi connectivity index (χ4v) is 4.61. The van der Waals surface area contributed by atoms with Gasteiger partial charge in [-0.05, 0) is 93.5 Å². The number of hydrogen-bond acceptors (Lipinski definition) is 3. The van der Waals surface area contributed by atoms with Crippen LogP contribution in [-0.4, -0.2) is 31.2 Å². The van der Waals surface area contributed by atoms with Crippen molar-refractivity contribution in [3.05, 3.63) is 35.1 Å². The lowest BCUT2D eigenvalue weighted by molar-refractivity contribution is -0.128. The Balaban J connectivity index is 1.46. The van der Waals surface area contributed by atoms with Gasteiger partial charge in [0.15, 0.2) is 0 Å². The van der Waals surface area contributed by atoms with E-state index in [1.54, 1.807) is 12.1 Å². The average molecular weight is 362 g/mol. The molecule has 1 aliphatic heterocycles. The van der Waals surface area contributed by atoms with Crippen LogP contribution in [0.5, 0.6) is 0 Å². The molecular weight excluding hydrogens is 331 g/mol. The highest BCUT2D eigenvalue weighted by molar-refractivity contribution is 5.84. The molecule has 1 heterocycles. The van der Waals surface area contributed by atoms with Crippen molar-refractivity contribution in [2.45, 2.75) is 63.3 Å². The zero-order chi connectivity index (χ0) is 18.6. The molecule has 0 unspecified atom stereocenters. The van der Waals surface area contributed by atoms with Crippen LogP contribution in [-0.2, 0) is 9.53 Å². The Labute approximate surface area is 155 Å². The predicted octanol–water partition coefficient (Wildman–Crippen LogP) is 3.42. The number of halogens is 1. The number of aryl methyl sites for hydroxylation is 1. The van der Waals surface area contributed by atoms with E-state index < -0.39 is 5.54 Å². The summed E-state index contributed by atoms with van der Waals surface area (Å²) in [6, 6.07) is 5.18. The molecule has 0 atom stereocenters. The number of benzene rings is 1. The summed E-state index contributed by atoms with van der Waals surface area (Å²) in [5, 5.41) is 3.44. The third kappa shape index (κ3) is 4.44. The molecule has 0 radical (unpaired) electrons. The Morgan fingerprint density at radius 1 is 1.27 bits per heavy atom. The lowest BCUT2D eigenvalue weighted by Crippen LogP contribution is -2.58. The van der Waals surface area contributed by atoms with Gasteiger partial charge >= 0.3 is 0 Å². The highest BCUT2D eigenvalue weighted by Crippen LogP contribution is 2.38. The molecule has 144 valence electrons. The molecule has 1 aromatic rings. The second-order valence-electron chi connectivity index (χ2n) is 7.99. The first-order chi connectivity index (χ1) is 12.5. The van der Waals surface area contributed by atoms with E-state index in [9.17, 15) is 9.18 Å². The SMILES string of the molecule is Cc1cc(F)ccc1[C@H]1CC[C@H](CCNC2(C(N)=O)CCOCC2)CC1. The van der Waals surface area contributed by atoms with Crippen molar-refractivity contribution in [2.75, 3.05) is 19.8 Å². The lowest BCUT2D eigenvalue weighted by atomic mass is 9.76. The molecule has 1 saturated heterocycles. The van der Waals surface area contributed by atoms with E-state index in [0.29, 0.717) is 37.9 Å². The molecule has 0 bridgehead atoms. The third-order valence-electron chi connectivity index (χ3n) is 6.35. The van der Waals surface area contributed by atoms with Crippen LogP contribution < -0.4 is 11.1 Å². The Morgan fingerprint density at radius 3 is 2.58 bits per heavy atom. The molecule has 1 amide bonds. The van der Waals surface area contributed by atoms with Crippen molar-refractivity contribution in [1.29, 1.82) is 0 Å². The van der Waals surface area contributed by atoms with Crippen LogP contribution in [0.1, 0.15) is 62.0 Å². The fourth-order valence-electron chi connectivity index (χ4n) is 4.61. The molecule has 5 heteroatoms. The topological polar surface area (TPSA) is 64.3 Å². The van der Waals surface area contributed by atoms with Gasteiger partial charge < -0.3 is 15.8 Å². The van der Waals surface area contributed by atoms with E-state index in [4.69, 9.17) is 10.5 Å². The van der Waals surface area contributed by atoms with Gasteiger partial charge in [-0.1, -0.05) is 6.07 Å². The molecule has 3 rings (SSSR count). The van der Waals surface area contributed by atoms with Crippen molar-refractivity contribution < 1.29 is 13.9 Å². The van der Waals surface area contributed by atoms with Gasteiger partial charge in [-0.15, -0.1) is 0 Å². The molecular formula is C21H31FN2O2.